The van der Waals surface area contributed by atoms with Crippen molar-refractivity contribution < 1.29 is 4.79 Å². The molecule has 3 rings (SSSR count). The summed E-state index contributed by atoms with van der Waals surface area (Å²) in [6.07, 6.45) is 2.29. The molecule has 1 aliphatic heterocycles. The topological polar surface area (TPSA) is 32.3 Å². The van der Waals surface area contributed by atoms with E-state index in [0.29, 0.717) is 16.1 Å². The van der Waals surface area contributed by atoms with Crippen LogP contribution in [0.2, 0.25) is 10.0 Å². The lowest BCUT2D eigenvalue weighted by Gasteiger charge is -2.38. The van der Waals surface area contributed by atoms with Crippen molar-refractivity contribution in [1.29, 1.82) is 0 Å². The van der Waals surface area contributed by atoms with Crippen molar-refractivity contribution in [3.05, 3.63) is 33.8 Å². The van der Waals surface area contributed by atoms with Gasteiger partial charge in [-0.1, -0.05) is 29.3 Å². The molecule has 0 unspecified atom stereocenters. The van der Waals surface area contributed by atoms with Gasteiger partial charge in [0.2, 0.25) is 5.91 Å². The van der Waals surface area contributed by atoms with E-state index < -0.39 is 0 Å². The second kappa shape index (κ2) is 5.31. The van der Waals surface area contributed by atoms with E-state index in [-0.39, 0.29) is 11.8 Å². The van der Waals surface area contributed by atoms with Gasteiger partial charge >= 0.3 is 0 Å². The van der Waals surface area contributed by atoms with E-state index in [1.807, 2.05) is 18.2 Å². The molecule has 1 N–H and O–H groups in total. The predicted molar refractivity (Wildman–Crippen MR) is 76.4 cm³/mol. The summed E-state index contributed by atoms with van der Waals surface area (Å²) < 4.78 is 0. The summed E-state index contributed by atoms with van der Waals surface area (Å²) in [5, 5.41) is 4.22. The number of hydrogen-bond donors (Lipinski definition) is 1. The average Bonchev–Trinajstić information content (AvgIpc) is 3.11. The van der Waals surface area contributed by atoms with E-state index >= 15 is 0 Å². The smallest absolute Gasteiger partial charge is 0.225 e. The second-order valence-electron chi connectivity index (χ2n) is 5.42. The number of nitrogens with one attached hydrogen (secondary N) is 1. The summed E-state index contributed by atoms with van der Waals surface area (Å²) in [4.78, 5) is 14.0. The van der Waals surface area contributed by atoms with Gasteiger partial charge in [-0.15, -0.1) is 0 Å². The molecule has 1 amide bonds. The minimum atomic E-state index is 0.156. The molecular weight excluding hydrogens is 283 g/mol. The fraction of sp³-hybridized carbons (Fsp3) is 0.500. The highest BCUT2D eigenvalue weighted by molar-refractivity contribution is 6.42. The highest BCUT2D eigenvalue weighted by Gasteiger charge is 2.35. The number of benzene rings is 1. The maximum atomic E-state index is 11.8. The van der Waals surface area contributed by atoms with Crippen LogP contribution >= 0.6 is 23.2 Å². The fourth-order valence-corrected chi connectivity index (χ4v) is 2.63. The molecule has 0 radical (unpaired) electrons. The van der Waals surface area contributed by atoms with Gasteiger partial charge in [-0.3, -0.25) is 9.69 Å². The van der Waals surface area contributed by atoms with Crippen molar-refractivity contribution in [2.45, 2.75) is 25.4 Å². The minimum absolute atomic E-state index is 0.156. The Morgan fingerprint density at radius 1 is 1.26 bits per heavy atom. The van der Waals surface area contributed by atoms with Gasteiger partial charge in [-0.2, -0.15) is 0 Å². The van der Waals surface area contributed by atoms with E-state index in [1.165, 1.54) is 0 Å². The quantitative estimate of drug-likeness (QED) is 0.927. The summed E-state index contributed by atoms with van der Waals surface area (Å²) in [5.74, 6) is 0.372. The SMILES string of the molecule is O=C(NC1CC1)C1CN(Cc2ccc(Cl)c(Cl)c2)C1. The maximum absolute atomic E-state index is 11.8. The number of carbonyl (C=O) groups excluding carboxylic acids is 1. The zero-order valence-corrected chi connectivity index (χ0v) is 12.0. The Kier molecular flexibility index (Phi) is 3.70. The van der Waals surface area contributed by atoms with Crippen LogP contribution in [0.4, 0.5) is 0 Å². The first-order chi connectivity index (χ1) is 9.11. The molecule has 2 fully saturated rings. The molecule has 0 atom stereocenters. The Balaban J connectivity index is 1.47. The molecule has 3 nitrogen and oxygen atoms in total. The van der Waals surface area contributed by atoms with Gasteiger partial charge in [0.15, 0.2) is 0 Å². The third kappa shape index (κ3) is 3.22. The Hall–Kier alpha value is -0.770. The van der Waals surface area contributed by atoms with E-state index in [9.17, 15) is 4.79 Å². The molecule has 0 spiro atoms. The van der Waals surface area contributed by atoms with Crippen LogP contribution in [0.25, 0.3) is 0 Å². The molecule has 1 aromatic carbocycles. The van der Waals surface area contributed by atoms with Crippen LogP contribution in [0.3, 0.4) is 0 Å². The molecule has 102 valence electrons. The van der Waals surface area contributed by atoms with Gasteiger partial charge in [0, 0.05) is 25.7 Å². The van der Waals surface area contributed by atoms with Crippen LogP contribution < -0.4 is 5.32 Å². The zero-order valence-electron chi connectivity index (χ0n) is 10.5. The Labute approximate surface area is 122 Å². The summed E-state index contributed by atoms with van der Waals surface area (Å²) >= 11 is 11.9. The lowest BCUT2D eigenvalue weighted by Crippen LogP contribution is -2.53. The third-order valence-corrected chi connectivity index (χ3v) is 4.38. The molecule has 19 heavy (non-hydrogen) atoms. The van der Waals surface area contributed by atoms with Crippen molar-refractivity contribution in [2.24, 2.45) is 5.92 Å². The van der Waals surface area contributed by atoms with Crippen LogP contribution in [0.5, 0.6) is 0 Å². The summed E-state index contributed by atoms with van der Waals surface area (Å²) in [7, 11) is 0. The predicted octanol–water partition coefficient (Wildman–Crippen LogP) is 2.70. The van der Waals surface area contributed by atoms with Crippen molar-refractivity contribution in [1.82, 2.24) is 10.2 Å². The molecule has 1 saturated carbocycles. The van der Waals surface area contributed by atoms with Gasteiger partial charge in [-0.05, 0) is 30.5 Å². The molecule has 2 aliphatic rings. The molecule has 0 bridgehead atoms. The zero-order chi connectivity index (χ0) is 13.4. The fourth-order valence-electron chi connectivity index (χ4n) is 2.31. The standard InChI is InChI=1S/C14H16Cl2N2O/c15-12-4-1-9(5-13(12)16)6-18-7-10(8-18)14(19)17-11-2-3-11/h1,4-5,10-11H,2-3,6-8H2,(H,17,19). The first-order valence-corrected chi connectivity index (χ1v) is 7.34. The monoisotopic (exact) mass is 298 g/mol. The highest BCUT2D eigenvalue weighted by atomic mass is 35.5. The molecule has 5 heteroatoms. The number of hydrogen-bond acceptors (Lipinski definition) is 2. The summed E-state index contributed by atoms with van der Waals surface area (Å²) in [6.45, 7) is 2.49. The van der Waals surface area contributed by atoms with Gasteiger partial charge in [0.1, 0.15) is 0 Å². The van der Waals surface area contributed by atoms with Crippen LogP contribution in [0.1, 0.15) is 18.4 Å². The van der Waals surface area contributed by atoms with Crippen LogP contribution in [0.15, 0.2) is 18.2 Å². The van der Waals surface area contributed by atoms with Crippen LogP contribution in [-0.4, -0.2) is 29.9 Å². The van der Waals surface area contributed by atoms with Gasteiger partial charge in [-0.25, -0.2) is 0 Å². The number of halogens is 2. The Bertz CT molecular complexity index is 496. The highest BCUT2D eigenvalue weighted by Crippen LogP contribution is 2.26. The second-order valence-corrected chi connectivity index (χ2v) is 6.24. The number of amides is 1. The van der Waals surface area contributed by atoms with Gasteiger partial charge in [0.05, 0.1) is 16.0 Å². The van der Waals surface area contributed by atoms with Crippen LogP contribution in [-0.2, 0) is 11.3 Å². The summed E-state index contributed by atoms with van der Waals surface area (Å²) in [6, 6.07) is 6.14. The number of rotatable bonds is 4. The third-order valence-electron chi connectivity index (χ3n) is 3.64. The minimum Gasteiger partial charge on any atom is -0.353 e. The van der Waals surface area contributed by atoms with E-state index in [0.717, 1.165) is 38.0 Å². The molecule has 1 aromatic rings. The van der Waals surface area contributed by atoms with Crippen molar-refractivity contribution in [3.63, 3.8) is 0 Å². The molecule has 1 saturated heterocycles. The molecular formula is C14H16Cl2N2O. The number of nitrogens with zero attached hydrogens (tertiary/aromatic N) is 1. The number of likely N-dealkylation sites (tertiary alicyclic amines) is 1. The molecule has 1 heterocycles. The molecule has 0 aromatic heterocycles. The van der Waals surface area contributed by atoms with E-state index in [4.69, 9.17) is 23.2 Å². The van der Waals surface area contributed by atoms with Gasteiger partial charge in [0.25, 0.3) is 0 Å². The first-order valence-electron chi connectivity index (χ1n) is 6.58. The Morgan fingerprint density at radius 3 is 2.63 bits per heavy atom. The summed E-state index contributed by atoms with van der Waals surface area (Å²) in [5.41, 5.74) is 1.13. The van der Waals surface area contributed by atoms with Crippen molar-refractivity contribution in [3.8, 4) is 0 Å². The van der Waals surface area contributed by atoms with E-state index in [1.54, 1.807) is 0 Å². The lowest BCUT2D eigenvalue weighted by molar-refractivity contribution is -0.130. The average molecular weight is 299 g/mol. The van der Waals surface area contributed by atoms with Crippen molar-refractivity contribution in [2.75, 3.05) is 13.1 Å². The normalized spacial score (nSPS) is 20.1. The number of carbonyl (C=O) groups is 1. The van der Waals surface area contributed by atoms with Crippen molar-refractivity contribution >= 4 is 29.1 Å². The molecule has 1 aliphatic carbocycles. The van der Waals surface area contributed by atoms with Gasteiger partial charge < -0.3 is 5.32 Å². The van der Waals surface area contributed by atoms with Crippen LogP contribution in [0, 0.1) is 5.92 Å². The maximum Gasteiger partial charge on any atom is 0.225 e. The lowest BCUT2D eigenvalue weighted by atomic mass is 9.98. The van der Waals surface area contributed by atoms with E-state index in [2.05, 4.69) is 10.2 Å². The Morgan fingerprint density at radius 2 is 2.00 bits per heavy atom. The first kappa shape index (κ1) is 13.2. The largest absolute Gasteiger partial charge is 0.353 e.